The van der Waals surface area contributed by atoms with Crippen molar-refractivity contribution in [3.8, 4) is 5.69 Å². The average Bonchev–Trinajstić information content (AvgIpc) is 2.52. The van der Waals surface area contributed by atoms with Crippen molar-refractivity contribution >= 4 is 40.7 Å². The molecule has 1 saturated carbocycles. The standard InChI is InChI=1S/C16H17Cl2N3OS/c1-23-16(7-2-8-16)10-19-13-9-20-21(15(22)14(13)18)12-5-3-11(17)4-6-12/h3-6,9,19H,2,7-8,10H2,1H3. The molecule has 3 rings (SSSR count). The summed E-state index contributed by atoms with van der Waals surface area (Å²) in [5.41, 5.74) is 0.875. The van der Waals surface area contributed by atoms with Gasteiger partial charge < -0.3 is 5.32 Å². The lowest BCUT2D eigenvalue weighted by molar-refractivity contribution is 0.380. The lowest BCUT2D eigenvalue weighted by Crippen LogP contribution is -2.40. The van der Waals surface area contributed by atoms with E-state index in [-0.39, 0.29) is 15.3 Å². The van der Waals surface area contributed by atoms with E-state index in [9.17, 15) is 4.79 Å². The molecule has 0 atom stereocenters. The zero-order valence-electron chi connectivity index (χ0n) is 12.7. The summed E-state index contributed by atoms with van der Waals surface area (Å²) in [4.78, 5) is 12.4. The molecule has 0 amide bonds. The van der Waals surface area contributed by atoms with Crippen LogP contribution in [0, 0.1) is 0 Å². The Labute approximate surface area is 149 Å². The van der Waals surface area contributed by atoms with Crippen LogP contribution in [0.1, 0.15) is 19.3 Å². The van der Waals surface area contributed by atoms with Crippen molar-refractivity contribution in [3.05, 3.63) is 50.9 Å². The van der Waals surface area contributed by atoms with E-state index in [2.05, 4.69) is 16.7 Å². The Morgan fingerprint density at radius 2 is 2.00 bits per heavy atom. The lowest BCUT2D eigenvalue weighted by Gasteiger charge is -2.40. The fraction of sp³-hybridized carbons (Fsp3) is 0.375. The number of hydrogen-bond donors (Lipinski definition) is 1. The van der Waals surface area contributed by atoms with Gasteiger partial charge >= 0.3 is 0 Å². The monoisotopic (exact) mass is 369 g/mol. The summed E-state index contributed by atoms with van der Waals surface area (Å²) in [6, 6.07) is 6.89. The molecule has 1 aromatic carbocycles. The zero-order valence-corrected chi connectivity index (χ0v) is 15.0. The number of benzene rings is 1. The van der Waals surface area contributed by atoms with Crippen molar-refractivity contribution in [1.82, 2.24) is 9.78 Å². The minimum absolute atomic E-state index is 0.158. The van der Waals surface area contributed by atoms with Crippen LogP contribution >= 0.6 is 35.0 Å². The predicted octanol–water partition coefficient (Wildman–Crippen LogP) is 4.24. The van der Waals surface area contributed by atoms with Crippen LogP contribution in [0.15, 0.2) is 35.3 Å². The first kappa shape index (κ1) is 16.7. The summed E-state index contributed by atoms with van der Waals surface area (Å²) in [5.74, 6) is 0. The van der Waals surface area contributed by atoms with Gasteiger partial charge in [0.1, 0.15) is 5.02 Å². The second-order valence-electron chi connectivity index (χ2n) is 5.66. The molecule has 2 aromatic rings. The first-order chi connectivity index (χ1) is 11.0. The van der Waals surface area contributed by atoms with E-state index in [0.717, 1.165) is 6.54 Å². The Bertz CT molecular complexity index is 751. The maximum absolute atomic E-state index is 12.4. The molecular weight excluding hydrogens is 353 g/mol. The van der Waals surface area contributed by atoms with Crippen LogP contribution in [0.4, 0.5) is 5.69 Å². The fourth-order valence-corrected chi connectivity index (χ4v) is 3.84. The quantitative estimate of drug-likeness (QED) is 0.855. The third-order valence-electron chi connectivity index (χ3n) is 4.29. The molecule has 7 heteroatoms. The highest BCUT2D eigenvalue weighted by atomic mass is 35.5. The van der Waals surface area contributed by atoms with Gasteiger partial charge in [-0.15, -0.1) is 0 Å². The topological polar surface area (TPSA) is 46.9 Å². The molecule has 0 bridgehead atoms. The minimum Gasteiger partial charge on any atom is -0.381 e. The summed E-state index contributed by atoms with van der Waals surface area (Å²) in [6.07, 6.45) is 7.36. The molecule has 1 aliphatic rings. The molecule has 122 valence electrons. The number of halogens is 2. The van der Waals surface area contributed by atoms with Gasteiger partial charge in [0.2, 0.25) is 0 Å². The van der Waals surface area contributed by atoms with Crippen molar-refractivity contribution < 1.29 is 0 Å². The van der Waals surface area contributed by atoms with E-state index < -0.39 is 0 Å². The van der Waals surface area contributed by atoms with Gasteiger partial charge in [0.15, 0.2) is 0 Å². The van der Waals surface area contributed by atoms with Crippen LogP contribution in [-0.2, 0) is 0 Å². The molecule has 1 fully saturated rings. The third-order valence-corrected chi connectivity index (χ3v) is 6.32. The molecule has 1 N–H and O–H groups in total. The number of anilines is 1. The van der Waals surface area contributed by atoms with Crippen LogP contribution in [0.2, 0.25) is 10.0 Å². The van der Waals surface area contributed by atoms with Gasteiger partial charge in [0.05, 0.1) is 17.6 Å². The van der Waals surface area contributed by atoms with E-state index in [0.29, 0.717) is 16.4 Å². The maximum atomic E-state index is 12.4. The third kappa shape index (κ3) is 3.37. The van der Waals surface area contributed by atoms with Gasteiger partial charge in [-0.2, -0.15) is 21.5 Å². The van der Waals surface area contributed by atoms with Crippen molar-refractivity contribution in [2.45, 2.75) is 24.0 Å². The van der Waals surface area contributed by atoms with Crippen LogP contribution < -0.4 is 10.9 Å². The largest absolute Gasteiger partial charge is 0.381 e. The van der Waals surface area contributed by atoms with Crippen molar-refractivity contribution in [2.75, 3.05) is 18.1 Å². The van der Waals surface area contributed by atoms with Crippen molar-refractivity contribution in [2.24, 2.45) is 0 Å². The Morgan fingerprint density at radius 3 is 2.57 bits per heavy atom. The summed E-state index contributed by atoms with van der Waals surface area (Å²) >= 11 is 14.0. The SMILES string of the molecule is CSC1(CNc2cnn(-c3ccc(Cl)cc3)c(=O)c2Cl)CCC1. The Kier molecular flexibility index (Phi) is 4.90. The Morgan fingerprint density at radius 1 is 1.30 bits per heavy atom. The normalized spacial score (nSPS) is 16.0. The summed E-state index contributed by atoms with van der Waals surface area (Å²) in [7, 11) is 0. The second kappa shape index (κ2) is 6.75. The summed E-state index contributed by atoms with van der Waals surface area (Å²) in [6.45, 7) is 0.792. The first-order valence-corrected chi connectivity index (χ1v) is 9.35. The molecule has 23 heavy (non-hydrogen) atoms. The van der Waals surface area contributed by atoms with Gasteiger partial charge in [0, 0.05) is 16.3 Å². The molecule has 0 radical (unpaired) electrons. The molecule has 0 spiro atoms. The number of rotatable bonds is 5. The van der Waals surface area contributed by atoms with E-state index >= 15 is 0 Å². The smallest absolute Gasteiger partial charge is 0.292 e. The number of thioether (sulfide) groups is 1. The average molecular weight is 370 g/mol. The second-order valence-corrected chi connectivity index (χ2v) is 7.75. The lowest BCUT2D eigenvalue weighted by atomic mass is 9.84. The number of nitrogens with zero attached hydrogens (tertiary/aromatic N) is 2. The molecule has 0 saturated heterocycles. The predicted molar refractivity (Wildman–Crippen MR) is 98.4 cm³/mol. The van der Waals surface area contributed by atoms with Crippen LogP contribution in [0.3, 0.4) is 0 Å². The van der Waals surface area contributed by atoms with Crippen LogP contribution in [0.25, 0.3) is 5.69 Å². The van der Waals surface area contributed by atoms with Gasteiger partial charge in [-0.25, -0.2) is 0 Å². The van der Waals surface area contributed by atoms with Gasteiger partial charge in [0.25, 0.3) is 5.56 Å². The fourth-order valence-electron chi connectivity index (χ4n) is 2.60. The Hall–Kier alpha value is -1.17. The van der Waals surface area contributed by atoms with Crippen molar-refractivity contribution in [1.29, 1.82) is 0 Å². The summed E-state index contributed by atoms with van der Waals surface area (Å²) in [5, 5.41) is 8.27. The zero-order chi connectivity index (χ0) is 16.4. The molecule has 0 unspecified atom stereocenters. The number of aromatic nitrogens is 2. The van der Waals surface area contributed by atoms with Gasteiger partial charge in [-0.1, -0.05) is 29.6 Å². The van der Waals surface area contributed by atoms with E-state index in [4.69, 9.17) is 23.2 Å². The highest BCUT2D eigenvalue weighted by molar-refractivity contribution is 8.00. The highest BCUT2D eigenvalue weighted by Gasteiger charge is 2.36. The molecule has 0 aliphatic heterocycles. The van der Waals surface area contributed by atoms with Crippen LogP contribution in [0.5, 0.6) is 0 Å². The summed E-state index contributed by atoms with van der Waals surface area (Å²) < 4.78 is 1.53. The number of hydrogen-bond acceptors (Lipinski definition) is 4. The first-order valence-electron chi connectivity index (χ1n) is 7.37. The maximum Gasteiger partial charge on any atom is 0.292 e. The molecular formula is C16H17Cl2N3OS. The van der Waals surface area contributed by atoms with E-state index in [1.165, 1.54) is 23.9 Å². The Balaban J connectivity index is 1.83. The van der Waals surface area contributed by atoms with Gasteiger partial charge in [-0.05, 0) is 43.4 Å². The van der Waals surface area contributed by atoms with E-state index in [1.54, 1.807) is 30.5 Å². The molecule has 1 aromatic heterocycles. The minimum atomic E-state index is -0.342. The van der Waals surface area contributed by atoms with Crippen LogP contribution in [-0.4, -0.2) is 27.3 Å². The van der Waals surface area contributed by atoms with Gasteiger partial charge in [-0.3, -0.25) is 4.79 Å². The highest BCUT2D eigenvalue weighted by Crippen LogP contribution is 2.42. The molecule has 1 aliphatic carbocycles. The van der Waals surface area contributed by atoms with Crippen molar-refractivity contribution in [3.63, 3.8) is 0 Å². The molecule has 4 nitrogen and oxygen atoms in total. The molecule has 1 heterocycles. The van der Waals surface area contributed by atoms with E-state index in [1.807, 2.05) is 11.8 Å². The number of nitrogens with one attached hydrogen (secondary N) is 1.